The van der Waals surface area contributed by atoms with Crippen LogP contribution in [-0.2, 0) is 0 Å². The summed E-state index contributed by atoms with van der Waals surface area (Å²) in [4.78, 5) is 0. The Morgan fingerprint density at radius 3 is 2.68 bits per heavy atom. The average molecular weight is 318 g/mol. The summed E-state index contributed by atoms with van der Waals surface area (Å²) < 4.78 is 8.49. The molecule has 0 spiro atoms. The molecule has 0 saturated carbocycles. The molecule has 104 valence electrons. The summed E-state index contributed by atoms with van der Waals surface area (Å²) in [7, 11) is 0. The van der Waals surface area contributed by atoms with E-state index in [1.54, 1.807) is 6.07 Å². The van der Waals surface area contributed by atoms with Gasteiger partial charge in [0, 0.05) is 6.04 Å². The van der Waals surface area contributed by atoms with Crippen LogP contribution in [-0.4, -0.2) is 14.8 Å². The van der Waals surface area contributed by atoms with E-state index >= 15 is 0 Å². The third-order valence-corrected chi connectivity index (χ3v) is 4.19. The van der Waals surface area contributed by atoms with Gasteiger partial charge < -0.3 is 5.32 Å². The third kappa shape index (κ3) is 3.50. The topological polar surface area (TPSA) is 37.8 Å². The first kappa shape index (κ1) is 14.8. The van der Waals surface area contributed by atoms with Crippen molar-refractivity contribution >= 4 is 51.7 Å². The molecule has 3 nitrogen and oxygen atoms in total. The van der Waals surface area contributed by atoms with Gasteiger partial charge in [-0.3, -0.25) is 0 Å². The predicted molar refractivity (Wildman–Crippen MR) is 84.7 cm³/mol. The molecule has 0 bridgehead atoms. The average Bonchev–Trinajstić information content (AvgIpc) is 2.84. The zero-order chi connectivity index (χ0) is 13.8. The number of anilines is 1. The summed E-state index contributed by atoms with van der Waals surface area (Å²) in [6.45, 7) is 4.37. The molecule has 0 amide bonds. The van der Waals surface area contributed by atoms with Gasteiger partial charge in [0.05, 0.1) is 27.5 Å². The molecule has 6 heteroatoms. The number of fused-ring (bicyclic) bond motifs is 1. The number of rotatable bonds is 6. The van der Waals surface area contributed by atoms with Crippen molar-refractivity contribution < 1.29 is 0 Å². The molecule has 0 saturated heterocycles. The van der Waals surface area contributed by atoms with E-state index in [1.807, 2.05) is 0 Å². The highest BCUT2D eigenvalue weighted by atomic mass is 35.5. The Balaban J connectivity index is 2.18. The highest BCUT2D eigenvalue weighted by Gasteiger charge is 2.15. The minimum Gasteiger partial charge on any atom is -0.380 e. The zero-order valence-corrected chi connectivity index (χ0v) is 13.4. The van der Waals surface area contributed by atoms with Crippen LogP contribution in [0.1, 0.15) is 39.5 Å². The number of unbranched alkanes of at least 4 members (excludes halogenated alkanes) is 2. The summed E-state index contributed by atoms with van der Waals surface area (Å²) in [6.07, 6.45) is 4.82. The van der Waals surface area contributed by atoms with Crippen LogP contribution < -0.4 is 5.32 Å². The van der Waals surface area contributed by atoms with Crippen LogP contribution in [0.5, 0.6) is 0 Å². The van der Waals surface area contributed by atoms with E-state index in [9.17, 15) is 0 Å². The lowest BCUT2D eigenvalue weighted by molar-refractivity contribution is 0.615. The molecule has 1 aromatic heterocycles. The Bertz CT molecular complexity index is 556. The molecule has 19 heavy (non-hydrogen) atoms. The molecule has 1 unspecified atom stereocenters. The molecule has 2 aromatic rings. The quantitative estimate of drug-likeness (QED) is 0.727. The highest BCUT2D eigenvalue weighted by Crippen LogP contribution is 2.35. The molecular formula is C13H17Cl2N3S. The normalized spacial score (nSPS) is 12.8. The van der Waals surface area contributed by atoms with E-state index in [-0.39, 0.29) is 0 Å². The van der Waals surface area contributed by atoms with E-state index in [2.05, 4.69) is 27.9 Å². The zero-order valence-electron chi connectivity index (χ0n) is 11.0. The van der Waals surface area contributed by atoms with E-state index < -0.39 is 0 Å². The van der Waals surface area contributed by atoms with Crippen molar-refractivity contribution in [3.05, 3.63) is 16.1 Å². The van der Waals surface area contributed by atoms with Crippen LogP contribution in [0.25, 0.3) is 11.0 Å². The van der Waals surface area contributed by atoms with E-state index in [0.29, 0.717) is 16.1 Å². The van der Waals surface area contributed by atoms with Gasteiger partial charge in [-0.05, 0) is 19.4 Å². The Morgan fingerprint density at radius 1 is 1.21 bits per heavy atom. The molecular weight excluding hydrogens is 301 g/mol. The number of hydrogen-bond acceptors (Lipinski definition) is 4. The monoisotopic (exact) mass is 317 g/mol. The number of benzene rings is 1. The van der Waals surface area contributed by atoms with Crippen LogP contribution >= 0.6 is 34.9 Å². The van der Waals surface area contributed by atoms with Gasteiger partial charge in [0.25, 0.3) is 0 Å². The summed E-state index contributed by atoms with van der Waals surface area (Å²) in [6, 6.07) is 2.09. The molecule has 0 radical (unpaired) electrons. The Hall–Kier alpha value is -0.580. The summed E-state index contributed by atoms with van der Waals surface area (Å²) in [5.74, 6) is 0. The van der Waals surface area contributed by atoms with Gasteiger partial charge in [-0.25, -0.2) is 0 Å². The first-order chi connectivity index (χ1) is 9.13. The summed E-state index contributed by atoms with van der Waals surface area (Å²) >= 11 is 13.5. The Morgan fingerprint density at radius 2 is 1.95 bits per heavy atom. The third-order valence-electron chi connectivity index (χ3n) is 3.08. The molecule has 0 aliphatic carbocycles. The van der Waals surface area contributed by atoms with Crippen molar-refractivity contribution in [2.45, 2.75) is 45.6 Å². The lowest BCUT2D eigenvalue weighted by Crippen LogP contribution is -2.15. The maximum atomic E-state index is 6.26. The second kappa shape index (κ2) is 6.73. The van der Waals surface area contributed by atoms with Crippen LogP contribution in [0.15, 0.2) is 6.07 Å². The Labute approximate surface area is 127 Å². The van der Waals surface area contributed by atoms with E-state index in [0.717, 1.165) is 34.9 Å². The molecule has 0 aliphatic heterocycles. The molecule has 1 aromatic carbocycles. The van der Waals surface area contributed by atoms with Crippen molar-refractivity contribution in [1.29, 1.82) is 0 Å². The minimum atomic E-state index is 0.357. The fourth-order valence-electron chi connectivity index (χ4n) is 2.03. The SMILES string of the molecule is CCCCCC(C)Nc1c(Cl)cc(Cl)c2nsnc12. The van der Waals surface area contributed by atoms with Gasteiger partial charge in [-0.2, -0.15) is 8.75 Å². The summed E-state index contributed by atoms with van der Waals surface area (Å²) in [5.41, 5.74) is 2.34. The van der Waals surface area contributed by atoms with Crippen LogP contribution in [0.4, 0.5) is 5.69 Å². The largest absolute Gasteiger partial charge is 0.380 e. The van der Waals surface area contributed by atoms with E-state index in [1.165, 1.54) is 19.3 Å². The minimum absolute atomic E-state index is 0.357. The van der Waals surface area contributed by atoms with Crippen molar-refractivity contribution in [3.63, 3.8) is 0 Å². The van der Waals surface area contributed by atoms with Crippen molar-refractivity contribution in [2.24, 2.45) is 0 Å². The lowest BCUT2D eigenvalue weighted by Gasteiger charge is -2.16. The second-order valence-corrected chi connectivity index (χ2v) is 6.06. The van der Waals surface area contributed by atoms with Crippen molar-refractivity contribution in [2.75, 3.05) is 5.32 Å². The first-order valence-corrected chi connectivity index (χ1v) is 7.99. The molecule has 0 fully saturated rings. The van der Waals surface area contributed by atoms with Gasteiger partial charge in [0.2, 0.25) is 0 Å². The molecule has 1 heterocycles. The molecule has 1 atom stereocenters. The second-order valence-electron chi connectivity index (χ2n) is 4.72. The summed E-state index contributed by atoms with van der Waals surface area (Å²) in [5, 5.41) is 4.60. The fraction of sp³-hybridized carbons (Fsp3) is 0.538. The molecule has 2 rings (SSSR count). The van der Waals surface area contributed by atoms with Gasteiger partial charge in [0.15, 0.2) is 0 Å². The van der Waals surface area contributed by atoms with Crippen molar-refractivity contribution in [1.82, 2.24) is 8.75 Å². The number of aromatic nitrogens is 2. The predicted octanol–water partition coefficient (Wildman–Crippen LogP) is 5.38. The van der Waals surface area contributed by atoms with Crippen LogP contribution in [0.2, 0.25) is 10.0 Å². The fourth-order valence-corrected chi connectivity index (χ4v) is 3.20. The van der Waals surface area contributed by atoms with Gasteiger partial charge in [-0.15, -0.1) is 0 Å². The molecule has 0 aliphatic rings. The number of halogens is 2. The standard InChI is InChI=1S/C13H17Cl2N3S/c1-3-4-5-6-8(2)16-11-9(14)7-10(15)12-13(11)18-19-17-12/h7-8,16H,3-6H2,1-2H3. The number of nitrogens with one attached hydrogen (secondary N) is 1. The number of hydrogen-bond donors (Lipinski definition) is 1. The maximum Gasteiger partial charge on any atom is 0.130 e. The van der Waals surface area contributed by atoms with Crippen molar-refractivity contribution in [3.8, 4) is 0 Å². The van der Waals surface area contributed by atoms with Gasteiger partial charge in [-0.1, -0.05) is 49.4 Å². The van der Waals surface area contributed by atoms with Crippen LogP contribution in [0.3, 0.4) is 0 Å². The van der Waals surface area contributed by atoms with Gasteiger partial charge in [0.1, 0.15) is 11.0 Å². The smallest absolute Gasteiger partial charge is 0.130 e. The van der Waals surface area contributed by atoms with Crippen LogP contribution in [0, 0.1) is 0 Å². The first-order valence-electron chi connectivity index (χ1n) is 6.50. The van der Waals surface area contributed by atoms with Gasteiger partial charge >= 0.3 is 0 Å². The Kier molecular flexibility index (Phi) is 5.25. The molecule has 1 N–H and O–H groups in total. The highest BCUT2D eigenvalue weighted by molar-refractivity contribution is 7.00. The lowest BCUT2D eigenvalue weighted by atomic mass is 10.1. The maximum absolute atomic E-state index is 6.26. The number of nitrogens with zero attached hydrogens (tertiary/aromatic N) is 2. The van der Waals surface area contributed by atoms with E-state index in [4.69, 9.17) is 23.2 Å².